The van der Waals surface area contributed by atoms with Crippen molar-refractivity contribution < 1.29 is 14.3 Å². The minimum Gasteiger partial charge on any atom is -0.466 e. The number of ether oxygens (including phenoxy) is 1. The van der Waals surface area contributed by atoms with E-state index in [1.165, 1.54) is 6.42 Å². The first-order valence-electron chi connectivity index (χ1n) is 7.14. The molecule has 18 heavy (non-hydrogen) atoms. The van der Waals surface area contributed by atoms with Crippen LogP contribution in [0.4, 0.5) is 0 Å². The molecule has 0 spiro atoms. The fourth-order valence-electron chi connectivity index (χ4n) is 2.55. The fraction of sp³-hybridized carbons (Fsp3) is 0.857. The van der Waals surface area contributed by atoms with Crippen molar-refractivity contribution in [3.8, 4) is 0 Å². The second-order valence-corrected chi connectivity index (χ2v) is 4.83. The smallest absolute Gasteiger partial charge is 0.306 e. The number of amides is 1. The summed E-state index contributed by atoms with van der Waals surface area (Å²) < 4.78 is 4.84. The maximum atomic E-state index is 12.1. The van der Waals surface area contributed by atoms with Gasteiger partial charge in [-0.2, -0.15) is 0 Å². The Hall–Kier alpha value is -1.06. The lowest BCUT2D eigenvalue weighted by molar-refractivity contribution is -0.146. The second kappa shape index (κ2) is 8.11. The number of piperidine rings is 1. The SMILES string of the molecule is CCCC1CCCCN1C(=O)CCC(=O)OCC. The molecule has 1 heterocycles. The zero-order valence-electron chi connectivity index (χ0n) is 11.6. The van der Waals surface area contributed by atoms with Crippen molar-refractivity contribution in [2.75, 3.05) is 13.2 Å². The molecular weight excluding hydrogens is 230 g/mol. The maximum absolute atomic E-state index is 12.1. The highest BCUT2D eigenvalue weighted by Crippen LogP contribution is 2.21. The zero-order valence-corrected chi connectivity index (χ0v) is 11.6. The predicted molar refractivity (Wildman–Crippen MR) is 70.1 cm³/mol. The van der Waals surface area contributed by atoms with Crippen LogP contribution in [0.15, 0.2) is 0 Å². The van der Waals surface area contributed by atoms with Crippen molar-refractivity contribution in [3.05, 3.63) is 0 Å². The number of hydrogen-bond donors (Lipinski definition) is 0. The Morgan fingerprint density at radius 3 is 2.67 bits per heavy atom. The first-order chi connectivity index (χ1) is 8.69. The molecule has 1 atom stereocenters. The molecule has 1 aliphatic rings. The first kappa shape index (κ1) is 15.0. The lowest BCUT2D eigenvalue weighted by Crippen LogP contribution is -2.43. The molecule has 0 N–H and O–H groups in total. The molecule has 1 rings (SSSR count). The van der Waals surface area contributed by atoms with Crippen LogP contribution in [0.25, 0.3) is 0 Å². The van der Waals surface area contributed by atoms with Gasteiger partial charge >= 0.3 is 5.97 Å². The van der Waals surface area contributed by atoms with Crippen LogP contribution in [0.3, 0.4) is 0 Å². The molecule has 1 saturated heterocycles. The average molecular weight is 255 g/mol. The summed E-state index contributed by atoms with van der Waals surface area (Å²) in [5.41, 5.74) is 0. The number of carbonyl (C=O) groups excluding carboxylic acids is 2. The van der Waals surface area contributed by atoms with E-state index >= 15 is 0 Å². The summed E-state index contributed by atoms with van der Waals surface area (Å²) in [6, 6.07) is 0.387. The minimum absolute atomic E-state index is 0.112. The Labute approximate surface area is 110 Å². The highest BCUT2D eigenvalue weighted by Gasteiger charge is 2.25. The van der Waals surface area contributed by atoms with E-state index in [0.29, 0.717) is 19.1 Å². The quantitative estimate of drug-likeness (QED) is 0.685. The summed E-state index contributed by atoms with van der Waals surface area (Å²) in [5, 5.41) is 0. The summed E-state index contributed by atoms with van der Waals surface area (Å²) in [7, 11) is 0. The van der Waals surface area contributed by atoms with Gasteiger partial charge < -0.3 is 9.64 Å². The molecule has 0 aliphatic carbocycles. The summed E-state index contributed by atoms with van der Waals surface area (Å²) in [4.78, 5) is 25.3. The van der Waals surface area contributed by atoms with E-state index in [4.69, 9.17) is 4.74 Å². The molecule has 4 nitrogen and oxygen atoms in total. The highest BCUT2D eigenvalue weighted by molar-refractivity contribution is 5.81. The fourth-order valence-corrected chi connectivity index (χ4v) is 2.55. The van der Waals surface area contributed by atoms with Crippen LogP contribution in [0, 0.1) is 0 Å². The number of likely N-dealkylation sites (tertiary alicyclic amines) is 1. The van der Waals surface area contributed by atoms with Gasteiger partial charge in [0.15, 0.2) is 0 Å². The third kappa shape index (κ3) is 4.67. The molecule has 0 aromatic rings. The summed E-state index contributed by atoms with van der Waals surface area (Å²) in [5.74, 6) is -0.156. The summed E-state index contributed by atoms with van der Waals surface area (Å²) in [6.07, 6.45) is 6.09. The van der Waals surface area contributed by atoms with Gasteiger partial charge in [0.2, 0.25) is 5.91 Å². The number of nitrogens with zero attached hydrogens (tertiary/aromatic N) is 1. The Balaban J connectivity index is 2.40. The predicted octanol–water partition coefficient (Wildman–Crippen LogP) is 2.51. The molecule has 0 radical (unpaired) electrons. The first-order valence-corrected chi connectivity index (χ1v) is 7.14. The van der Waals surface area contributed by atoms with Crippen molar-refractivity contribution >= 4 is 11.9 Å². The van der Waals surface area contributed by atoms with E-state index in [9.17, 15) is 9.59 Å². The van der Waals surface area contributed by atoms with Crippen molar-refractivity contribution in [2.45, 2.75) is 64.8 Å². The van der Waals surface area contributed by atoms with E-state index in [0.717, 1.165) is 32.2 Å². The summed E-state index contributed by atoms with van der Waals surface area (Å²) >= 11 is 0. The molecule has 1 fully saturated rings. The normalized spacial score (nSPS) is 19.7. The van der Waals surface area contributed by atoms with Gasteiger partial charge in [-0.1, -0.05) is 13.3 Å². The van der Waals surface area contributed by atoms with Gasteiger partial charge in [0.25, 0.3) is 0 Å². The molecule has 0 aromatic carbocycles. The molecule has 1 aliphatic heterocycles. The Morgan fingerprint density at radius 1 is 1.22 bits per heavy atom. The molecule has 0 bridgehead atoms. The van der Waals surface area contributed by atoms with Crippen LogP contribution in [0.1, 0.15) is 58.8 Å². The monoisotopic (exact) mass is 255 g/mol. The van der Waals surface area contributed by atoms with Gasteiger partial charge in [0.05, 0.1) is 13.0 Å². The van der Waals surface area contributed by atoms with Gasteiger partial charge in [-0.3, -0.25) is 9.59 Å². The highest BCUT2D eigenvalue weighted by atomic mass is 16.5. The van der Waals surface area contributed by atoms with Gasteiger partial charge in [0, 0.05) is 19.0 Å². The molecule has 1 amide bonds. The van der Waals surface area contributed by atoms with Crippen LogP contribution >= 0.6 is 0 Å². The maximum Gasteiger partial charge on any atom is 0.306 e. The summed E-state index contributed by atoms with van der Waals surface area (Å²) in [6.45, 7) is 5.17. The minimum atomic E-state index is -0.269. The van der Waals surface area contributed by atoms with E-state index in [1.807, 2.05) is 4.90 Å². The number of carbonyl (C=O) groups is 2. The van der Waals surface area contributed by atoms with Crippen LogP contribution in [-0.2, 0) is 14.3 Å². The van der Waals surface area contributed by atoms with E-state index in [-0.39, 0.29) is 18.3 Å². The largest absolute Gasteiger partial charge is 0.466 e. The van der Waals surface area contributed by atoms with Gasteiger partial charge in [-0.25, -0.2) is 0 Å². The van der Waals surface area contributed by atoms with Gasteiger partial charge in [-0.05, 0) is 32.6 Å². The standard InChI is InChI=1S/C14H25NO3/c1-3-7-12-8-5-6-11-15(12)13(16)9-10-14(17)18-4-2/h12H,3-11H2,1-2H3. The third-order valence-corrected chi connectivity index (χ3v) is 3.42. The van der Waals surface area contributed by atoms with E-state index in [1.54, 1.807) is 6.92 Å². The average Bonchev–Trinajstić information content (AvgIpc) is 2.37. The topological polar surface area (TPSA) is 46.6 Å². The number of hydrogen-bond acceptors (Lipinski definition) is 3. The van der Waals surface area contributed by atoms with Crippen LogP contribution < -0.4 is 0 Å². The van der Waals surface area contributed by atoms with Crippen molar-refractivity contribution in [2.24, 2.45) is 0 Å². The Kier molecular flexibility index (Phi) is 6.76. The van der Waals surface area contributed by atoms with Crippen molar-refractivity contribution in [1.82, 2.24) is 4.90 Å². The number of esters is 1. The van der Waals surface area contributed by atoms with Gasteiger partial charge in [0.1, 0.15) is 0 Å². The molecule has 0 saturated carbocycles. The van der Waals surface area contributed by atoms with Crippen LogP contribution in [0.2, 0.25) is 0 Å². The van der Waals surface area contributed by atoms with E-state index < -0.39 is 0 Å². The lowest BCUT2D eigenvalue weighted by Gasteiger charge is -2.35. The Bertz CT molecular complexity index is 276. The lowest BCUT2D eigenvalue weighted by atomic mass is 9.97. The number of rotatable bonds is 6. The van der Waals surface area contributed by atoms with Crippen LogP contribution in [-0.4, -0.2) is 36.0 Å². The van der Waals surface area contributed by atoms with Gasteiger partial charge in [-0.15, -0.1) is 0 Å². The van der Waals surface area contributed by atoms with E-state index in [2.05, 4.69) is 6.92 Å². The molecule has 0 aromatic heterocycles. The van der Waals surface area contributed by atoms with Crippen LogP contribution in [0.5, 0.6) is 0 Å². The molecule has 104 valence electrons. The molecular formula is C14H25NO3. The second-order valence-electron chi connectivity index (χ2n) is 4.83. The Morgan fingerprint density at radius 2 is 2.00 bits per heavy atom. The third-order valence-electron chi connectivity index (χ3n) is 3.42. The molecule has 4 heteroatoms. The van der Waals surface area contributed by atoms with Crippen molar-refractivity contribution in [3.63, 3.8) is 0 Å². The van der Waals surface area contributed by atoms with Crippen molar-refractivity contribution in [1.29, 1.82) is 0 Å². The zero-order chi connectivity index (χ0) is 13.4. The molecule has 1 unspecified atom stereocenters.